The van der Waals surface area contributed by atoms with Crippen LogP contribution in [0.1, 0.15) is 12.6 Å². The number of phenols is 1. The van der Waals surface area contributed by atoms with Crippen molar-refractivity contribution in [1.82, 2.24) is 9.78 Å². The van der Waals surface area contributed by atoms with Crippen molar-refractivity contribution < 1.29 is 24.2 Å². The molecule has 1 aromatic heterocycles. The number of rotatable bonds is 2. The summed E-state index contributed by atoms with van der Waals surface area (Å²) in [5.74, 6) is -2.21. The van der Waals surface area contributed by atoms with Crippen molar-refractivity contribution in [2.75, 3.05) is 0 Å². The summed E-state index contributed by atoms with van der Waals surface area (Å²) in [6.45, 7) is 1.82. The molecule has 0 aliphatic carbocycles. The predicted molar refractivity (Wildman–Crippen MR) is 80.1 cm³/mol. The van der Waals surface area contributed by atoms with Gasteiger partial charge in [0.2, 0.25) is 5.75 Å². The Kier molecular flexibility index (Phi) is 3.53. The highest BCUT2D eigenvalue weighted by molar-refractivity contribution is 6.00. The van der Waals surface area contributed by atoms with Gasteiger partial charge < -0.3 is 20.3 Å². The van der Waals surface area contributed by atoms with Crippen LogP contribution in [0.15, 0.2) is 18.2 Å². The predicted octanol–water partition coefficient (Wildman–Crippen LogP) is 0.549. The molecule has 2 aromatic rings. The van der Waals surface area contributed by atoms with E-state index in [0.29, 0.717) is 23.0 Å². The van der Waals surface area contributed by atoms with Crippen LogP contribution in [0.5, 0.6) is 17.2 Å². The van der Waals surface area contributed by atoms with Crippen molar-refractivity contribution >= 4 is 22.8 Å². The Morgan fingerprint density at radius 3 is 2.61 bits per heavy atom. The number of aryl methyl sites for hydroxylation is 1. The Balaban J connectivity index is 2.32. The van der Waals surface area contributed by atoms with Gasteiger partial charge in [0, 0.05) is 37.7 Å². The second kappa shape index (κ2) is 5.40. The van der Waals surface area contributed by atoms with E-state index < -0.39 is 17.7 Å². The zero-order chi connectivity index (χ0) is 16.7. The number of carbonyl (C=O) groups excluding carboxylic acids is 2. The molecule has 0 fully saturated rings. The molecule has 0 radical (unpaired) electrons. The van der Waals surface area contributed by atoms with Gasteiger partial charge in [0.05, 0.1) is 16.6 Å². The standard InChI is InChI=1S/C15H15N3O5/c1-7(16)5-8-13-9(18(2)17-8)6-10-14(21)15(13)23-12(20)4-3-11(19)22-10/h3-4,6-7,21H,5,16H2,1-2H3/b4-3+. The summed E-state index contributed by atoms with van der Waals surface area (Å²) < 4.78 is 11.8. The van der Waals surface area contributed by atoms with Crippen molar-refractivity contribution in [2.24, 2.45) is 12.8 Å². The number of phenolic OH excluding ortho intramolecular Hbond substituents is 1. The number of carbonyl (C=O) groups is 2. The summed E-state index contributed by atoms with van der Waals surface area (Å²) in [6.07, 6.45) is 2.30. The highest BCUT2D eigenvalue weighted by Gasteiger charge is 2.25. The second-order valence-corrected chi connectivity index (χ2v) is 5.37. The normalized spacial score (nSPS) is 17.0. The van der Waals surface area contributed by atoms with Gasteiger partial charge in [-0.25, -0.2) is 9.59 Å². The van der Waals surface area contributed by atoms with Crippen LogP contribution in [0.2, 0.25) is 0 Å². The van der Waals surface area contributed by atoms with Crippen LogP contribution in [-0.4, -0.2) is 32.9 Å². The number of nitrogens with zero attached hydrogens (tertiary/aromatic N) is 2. The molecule has 1 atom stereocenters. The van der Waals surface area contributed by atoms with Crippen LogP contribution < -0.4 is 15.2 Å². The van der Waals surface area contributed by atoms with Crippen LogP contribution in [0.3, 0.4) is 0 Å². The fourth-order valence-electron chi connectivity index (χ4n) is 2.47. The molecular formula is C15H15N3O5. The van der Waals surface area contributed by atoms with E-state index in [-0.39, 0.29) is 17.5 Å². The van der Waals surface area contributed by atoms with Crippen LogP contribution >= 0.6 is 0 Å². The van der Waals surface area contributed by atoms with E-state index in [4.69, 9.17) is 15.2 Å². The third-order valence-corrected chi connectivity index (χ3v) is 3.39. The highest BCUT2D eigenvalue weighted by atomic mass is 16.6. The van der Waals surface area contributed by atoms with Crippen molar-refractivity contribution in [3.05, 3.63) is 23.9 Å². The molecule has 0 saturated heterocycles. The summed E-state index contributed by atoms with van der Waals surface area (Å²) >= 11 is 0. The minimum atomic E-state index is -0.798. The monoisotopic (exact) mass is 317 g/mol. The lowest BCUT2D eigenvalue weighted by atomic mass is 10.1. The maximum atomic E-state index is 11.8. The molecule has 0 spiro atoms. The summed E-state index contributed by atoms with van der Waals surface area (Å²) in [6, 6.07) is 1.29. The van der Waals surface area contributed by atoms with Crippen LogP contribution in [0.4, 0.5) is 0 Å². The Morgan fingerprint density at radius 1 is 1.30 bits per heavy atom. The molecule has 8 heteroatoms. The van der Waals surface area contributed by atoms with Crippen molar-refractivity contribution in [3.63, 3.8) is 0 Å². The van der Waals surface area contributed by atoms with Gasteiger partial charge in [-0.3, -0.25) is 4.68 Å². The first-order valence-electron chi connectivity index (χ1n) is 6.95. The molecule has 23 heavy (non-hydrogen) atoms. The number of aromatic nitrogens is 2. The Labute approximate surface area is 131 Å². The van der Waals surface area contributed by atoms with Gasteiger partial charge in [-0.1, -0.05) is 0 Å². The summed E-state index contributed by atoms with van der Waals surface area (Å²) in [4.78, 5) is 23.4. The number of fused-ring (bicyclic) bond motifs is 4. The fourth-order valence-corrected chi connectivity index (χ4v) is 2.47. The van der Waals surface area contributed by atoms with Crippen molar-refractivity contribution in [2.45, 2.75) is 19.4 Å². The number of benzene rings is 1. The fraction of sp³-hybridized carbons (Fsp3) is 0.267. The van der Waals surface area contributed by atoms with Gasteiger partial charge in [-0.05, 0) is 6.92 Å². The number of hydrogen-bond donors (Lipinski definition) is 2. The molecule has 3 N–H and O–H groups in total. The van der Waals surface area contributed by atoms with E-state index in [1.807, 2.05) is 6.92 Å². The van der Waals surface area contributed by atoms with Gasteiger partial charge in [0.1, 0.15) is 0 Å². The first-order chi connectivity index (χ1) is 10.9. The zero-order valence-corrected chi connectivity index (χ0v) is 12.6. The highest BCUT2D eigenvalue weighted by Crippen LogP contribution is 2.44. The zero-order valence-electron chi connectivity index (χ0n) is 12.6. The average molecular weight is 317 g/mol. The van der Waals surface area contributed by atoms with E-state index >= 15 is 0 Å². The second-order valence-electron chi connectivity index (χ2n) is 5.37. The number of nitrogens with two attached hydrogens (primary N) is 1. The van der Waals surface area contributed by atoms with E-state index in [1.54, 1.807) is 11.7 Å². The smallest absolute Gasteiger partial charge is 0.336 e. The quantitative estimate of drug-likeness (QED) is 0.613. The molecule has 0 amide bonds. The summed E-state index contributed by atoms with van der Waals surface area (Å²) in [5, 5.41) is 15.1. The Morgan fingerprint density at radius 2 is 1.96 bits per heavy atom. The van der Waals surface area contributed by atoms with Gasteiger partial charge in [0.15, 0.2) is 11.5 Å². The van der Waals surface area contributed by atoms with E-state index in [9.17, 15) is 14.7 Å². The SMILES string of the molecule is CC(N)Cc1nn(C)c2cc3c(O)c(c12)OC(=O)/C=C/C(=O)O3. The molecule has 2 heterocycles. The van der Waals surface area contributed by atoms with Crippen molar-refractivity contribution in [3.8, 4) is 17.2 Å². The Hall–Kier alpha value is -2.87. The first-order valence-corrected chi connectivity index (χ1v) is 6.95. The molecule has 3 rings (SSSR count). The Bertz CT molecular complexity index is 851. The minimum absolute atomic E-state index is 0.0920. The molecule has 120 valence electrons. The molecule has 1 unspecified atom stereocenters. The van der Waals surface area contributed by atoms with Crippen LogP contribution in [0, 0.1) is 0 Å². The largest absolute Gasteiger partial charge is 0.502 e. The molecule has 1 aromatic carbocycles. The topological polar surface area (TPSA) is 117 Å². The number of hydrogen-bond acceptors (Lipinski definition) is 7. The van der Waals surface area contributed by atoms with E-state index in [1.165, 1.54) is 6.07 Å². The van der Waals surface area contributed by atoms with Gasteiger partial charge in [-0.2, -0.15) is 5.10 Å². The molecular weight excluding hydrogens is 302 g/mol. The minimum Gasteiger partial charge on any atom is -0.502 e. The molecule has 1 aliphatic heterocycles. The molecule has 8 nitrogen and oxygen atoms in total. The number of aromatic hydroxyl groups is 1. The van der Waals surface area contributed by atoms with Crippen LogP contribution in [0.25, 0.3) is 10.9 Å². The summed E-state index contributed by atoms with van der Waals surface area (Å²) in [5.41, 5.74) is 6.95. The number of esters is 2. The maximum absolute atomic E-state index is 11.8. The van der Waals surface area contributed by atoms with Gasteiger partial charge in [-0.15, -0.1) is 0 Å². The average Bonchev–Trinajstić information content (AvgIpc) is 2.76. The van der Waals surface area contributed by atoms with E-state index in [2.05, 4.69) is 5.10 Å². The molecule has 0 saturated carbocycles. The molecule has 1 aliphatic rings. The number of ether oxygens (including phenoxy) is 2. The summed E-state index contributed by atoms with van der Waals surface area (Å²) in [7, 11) is 1.69. The lowest BCUT2D eigenvalue weighted by Gasteiger charge is -2.11. The van der Waals surface area contributed by atoms with Crippen molar-refractivity contribution in [1.29, 1.82) is 0 Å². The van der Waals surface area contributed by atoms with Crippen LogP contribution in [-0.2, 0) is 23.1 Å². The lowest BCUT2D eigenvalue weighted by Crippen LogP contribution is -2.18. The maximum Gasteiger partial charge on any atom is 0.336 e. The molecule has 2 bridgehead atoms. The van der Waals surface area contributed by atoms with Gasteiger partial charge in [0.25, 0.3) is 0 Å². The first kappa shape index (κ1) is 15.0. The van der Waals surface area contributed by atoms with E-state index in [0.717, 1.165) is 12.2 Å². The third kappa shape index (κ3) is 2.64. The lowest BCUT2D eigenvalue weighted by molar-refractivity contribution is -0.131. The van der Waals surface area contributed by atoms with Gasteiger partial charge >= 0.3 is 11.9 Å². The third-order valence-electron chi connectivity index (χ3n) is 3.39.